The van der Waals surface area contributed by atoms with E-state index < -0.39 is 0 Å². The first-order valence-corrected chi connectivity index (χ1v) is 7.95. The Labute approximate surface area is 121 Å². The fourth-order valence-electron chi connectivity index (χ4n) is 3.17. The van der Waals surface area contributed by atoms with Crippen LogP contribution >= 0.6 is 0 Å². The molecule has 0 bridgehead atoms. The van der Waals surface area contributed by atoms with Crippen LogP contribution in [0, 0.1) is 12.7 Å². The van der Waals surface area contributed by atoms with E-state index >= 15 is 0 Å². The molecule has 1 saturated heterocycles. The quantitative estimate of drug-likeness (QED) is 0.888. The number of nitrogens with zero attached hydrogens (tertiary/aromatic N) is 1. The number of halogens is 1. The van der Waals surface area contributed by atoms with E-state index in [1.807, 2.05) is 6.07 Å². The molecular weight excluding hydrogens is 251 g/mol. The van der Waals surface area contributed by atoms with Crippen molar-refractivity contribution in [1.82, 2.24) is 10.2 Å². The first-order valence-electron chi connectivity index (χ1n) is 7.95. The maximum Gasteiger partial charge on any atom is 0.123 e. The van der Waals surface area contributed by atoms with Gasteiger partial charge in [0, 0.05) is 25.2 Å². The van der Waals surface area contributed by atoms with Gasteiger partial charge in [0.1, 0.15) is 5.82 Å². The van der Waals surface area contributed by atoms with E-state index in [-0.39, 0.29) is 5.82 Å². The van der Waals surface area contributed by atoms with Gasteiger partial charge in [-0.05, 0) is 62.4 Å². The molecule has 0 aromatic heterocycles. The van der Waals surface area contributed by atoms with Crippen LogP contribution in [-0.4, -0.2) is 30.1 Å². The van der Waals surface area contributed by atoms with Gasteiger partial charge in [0.2, 0.25) is 0 Å². The smallest absolute Gasteiger partial charge is 0.123 e. The van der Waals surface area contributed by atoms with Gasteiger partial charge in [0.15, 0.2) is 0 Å². The fraction of sp³-hybridized carbons (Fsp3) is 0.647. The van der Waals surface area contributed by atoms with E-state index in [0.717, 1.165) is 31.2 Å². The zero-order valence-electron chi connectivity index (χ0n) is 12.4. The molecule has 1 aromatic rings. The molecule has 1 aliphatic carbocycles. The lowest BCUT2D eigenvalue weighted by atomic mass is 10.0. The monoisotopic (exact) mass is 276 g/mol. The van der Waals surface area contributed by atoms with Crippen LogP contribution in [-0.2, 0) is 6.54 Å². The molecule has 1 aromatic carbocycles. The van der Waals surface area contributed by atoms with Gasteiger partial charge in [-0.1, -0.05) is 12.5 Å². The molecule has 0 radical (unpaired) electrons. The number of aryl methyl sites for hydroxylation is 1. The van der Waals surface area contributed by atoms with Crippen molar-refractivity contribution < 1.29 is 4.39 Å². The van der Waals surface area contributed by atoms with Crippen molar-refractivity contribution >= 4 is 0 Å². The summed E-state index contributed by atoms with van der Waals surface area (Å²) >= 11 is 0. The van der Waals surface area contributed by atoms with Crippen LogP contribution in [0.25, 0.3) is 0 Å². The van der Waals surface area contributed by atoms with Crippen molar-refractivity contribution in [3.05, 3.63) is 35.1 Å². The Morgan fingerprint density at radius 1 is 1.25 bits per heavy atom. The third-order valence-electron chi connectivity index (χ3n) is 4.62. The van der Waals surface area contributed by atoms with E-state index in [0.29, 0.717) is 6.04 Å². The second kappa shape index (κ2) is 6.23. The average molecular weight is 276 g/mol. The summed E-state index contributed by atoms with van der Waals surface area (Å²) in [5.74, 6) is -0.114. The highest BCUT2D eigenvalue weighted by Crippen LogP contribution is 2.29. The van der Waals surface area contributed by atoms with Gasteiger partial charge in [-0.15, -0.1) is 0 Å². The van der Waals surface area contributed by atoms with Crippen LogP contribution in [0.5, 0.6) is 0 Å². The predicted octanol–water partition coefficient (Wildman–Crippen LogP) is 3.24. The van der Waals surface area contributed by atoms with Gasteiger partial charge in [0.05, 0.1) is 0 Å². The number of hydrogen-bond donors (Lipinski definition) is 1. The number of rotatable bonds is 5. The van der Waals surface area contributed by atoms with E-state index in [4.69, 9.17) is 0 Å². The molecule has 0 amide bonds. The Morgan fingerprint density at radius 2 is 2.10 bits per heavy atom. The summed E-state index contributed by atoms with van der Waals surface area (Å²) in [6.45, 7) is 5.24. The Bertz CT molecular complexity index is 450. The van der Waals surface area contributed by atoms with Crippen molar-refractivity contribution in [2.75, 3.05) is 13.1 Å². The zero-order valence-corrected chi connectivity index (χ0v) is 12.4. The maximum absolute atomic E-state index is 13.4. The summed E-state index contributed by atoms with van der Waals surface area (Å²) in [7, 11) is 0. The van der Waals surface area contributed by atoms with Gasteiger partial charge in [0.25, 0.3) is 0 Å². The molecule has 1 unspecified atom stereocenters. The molecule has 1 N–H and O–H groups in total. The highest BCUT2D eigenvalue weighted by molar-refractivity contribution is 5.26. The van der Waals surface area contributed by atoms with Gasteiger partial charge in [-0.3, -0.25) is 4.90 Å². The topological polar surface area (TPSA) is 15.3 Å². The van der Waals surface area contributed by atoms with E-state index in [1.54, 1.807) is 12.1 Å². The second-order valence-corrected chi connectivity index (χ2v) is 6.38. The fourth-order valence-corrected chi connectivity index (χ4v) is 3.17. The second-order valence-electron chi connectivity index (χ2n) is 6.38. The average Bonchev–Trinajstić information content (AvgIpc) is 3.28. The Balaban J connectivity index is 1.66. The van der Waals surface area contributed by atoms with Crippen molar-refractivity contribution in [2.45, 2.75) is 57.7 Å². The Hall–Kier alpha value is -0.930. The minimum Gasteiger partial charge on any atom is -0.313 e. The number of piperidine rings is 1. The van der Waals surface area contributed by atoms with Crippen molar-refractivity contribution in [2.24, 2.45) is 0 Å². The summed E-state index contributed by atoms with van der Waals surface area (Å²) < 4.78 is 13.4. The normalized spacial score (nSPS) is 23.2. The summed E-state index contributed by atoms with van der Waals surface area (Å²) in [5, 5.41) is 3.63. The lowest BCUT2D eigenvalue weighted by Crippen LogP contribution is -2.44. The van der Waals surface area contributed by atoms with Crippen LogP contribution in [0.15, 0.2) is 18.2 Å². The van der Waals surface area contributed by atoms with Crippen LogP contribution in [0.3, 0.4) is 0 Å². The Morgan fingerprint density at radius 3 is 2.80 bits per heavy atom. The molecule has 1 saturated carbocycles. The maximum atomic E-state index is 13.4. The molecule has 2 nitrogen and oxygen atoms in total. The largest absolute Gasteiger partial charge is 0.313 e. The number of hydrogen-bond acceptors (Lipinski definition) is 2. The highest BCUT2D eigenvalue weighted by Gasteiger charge is 2.31. The standard InChI is InChI=1S/C17H25FN2/c1-13-5-6-15(18)10-14(13)11-20(17-7-8-17)12-16-4-2-3-9-19-16/h5-6,10,16-17,19H,2-4,7-9,11-12H2,1H3. The molecule has 2 aliphatic rings. The van der Waals surface area contributed by atoms with Gasteiger partial charge >= 0.3 is 0 Å². The molecule has 110 valence electrons. The first kappa shape index (κ1) is 14.0. The molecule has 1 heterocycles. The van der Waals surface area contributed by atoms with Gasteiger partial charge in [-0.25, -0.2) is 4.39 Å². The summed E-state index contributed by atoms with van der Waals surface area (Å²) in [6, 6.07) is 6.51. The van der Waals surface area contributed by atoms with Crippen LogP contribution in [0.2, 0.25) is 0 Å². The van der Waals surface area contributed by atoms with Crippen LogP contribution in [0.1, 0.15) is 43.2 Å². The molecule has 3 heteroatoms. The van der Waals surface area contributed by atoms with Gasteiger partial charge in [-0.2, -0.15) is 0 Å². The van der Waals surface area contributed by atoms with E-state index in [9.17, 15) is 4.39 Å². The van der Waals surface area contributed by atoms with E-state index in [1.165, 1.54) is 37.7 Å². The predicted molar refractivity (Wildman–Crippen MR) is 80.2 cm³/mol. The molecule has 1 aliphatic heterocycles. The minimum absolute atomic E-state index is 0.114. The van der Waals surface area contributed by atoms with E-state index in [2.05, 4.69) is 17.1 Å². The summed E-state index contributed by atoms with van der Waals surface area (Å²) in [5.41, 5.74) is 2.35. The van der Waals surface area contributed by atoms with Crippen molar-refractivity contribution in [3.8, 4) is 0 Å². The summed E-state index contributed by atoms with van der Waals surface area (Å²) in [6.07, 6.45) is 6.55. The molecule has 1 atom stereocenters. The van der Waals surface area contributed by atoms with Crippen molar-refractivity contribution in [3.63, 3.8) is 0 Å². The number of benzene rings is 1. The minimum atomic E-state index is -0.114. The molecule has 0 spiro atoms. The first-order chi connectivity index (χ1) is 9.72. The zero-order chi connectivity index (χ0) is 13.9. The summed E-state index contributed by atoms with van der Waals surface area (Å²) in [4.78, 5) is 2.56. The SMILES string of the molecule is Cc1ccc(F)cc1CN(CC1CCCCN1)C1CC1. The molecule has 2 fully saturated rings. The number of nitrogens with one attached hydrogen (secondary N) is 1. The third-order valence-corrected chi connectivity index (χ3v) is 4.62. The van der Waals surface area contributed by atoms with Crippen LogP contribution in [0.4, 0.5) is 4.39 Å². The molecule has 20 heavy (non-hydrogen) atoms. The van der Waals surface area contributed by atoms with Crippen LogP contribution < -0.4 is 5.32 Å². The highest BCUT2D eigenvalue weighted by atomic mass is 19.1. The lowest BCUT2D eigenvalue weighted by molar-refractivity contribution is 0.208. The molecular formula is C17H25FN2. The molecule has 3 rings (SSSR count). The van der Waals surface area contributed by atoms with Gasteiger partial charge < -0.3 is 5.32 Å². The van der Waals surface area contributed by atoms with Crippen molar-refractivity contribution in [1.29, 1.82) is 0 Å². The lowest BCUT2D eigenvalue weighted by Gasteiger charge is -2.31. The Kier molecular flexibility index (Phi) is 4.37. The third kappa shape index (κ3) is 3.58.